The second kappa shape index (κ2) is 7.32. The van der Waals surface area contributed by atoms with Crippen LogP contribution >= 0.6 is 0 Å². The molecule has 0 aliphatic rings. The first-order valence-electron chi connectivity index (χ1n) is 7.77. The predicted molar refractivity (Wildman–Crippen MR) is 95.2 cm³/mol. The number of hydrogen-bond acceptors (Lipinski definition) is 3. The lowest BCUT2D eigenvalue weighted by Gasteiger charge is -2.12. The first-order chi connectivity index (χ1) is 12.7. The fraction of sp³-hybridized carbons (Fsp3) is 0.0526. The number of rotatable bonds is 5. The molecule has 0 saturated carbocycles. The fourth-order valence-corrected chi connectivity index (χ4v) is 3.33. The molecule has 140 valence electrons. The highest BCUT2D eigenvalue weighted by atomic mass is 32.2. The van der Waals surface area contributed by atoms with Crippen molar-refractivity contribution in [2.45, 2.75) is 11.1 Å². The van der Waals surface area contributed by atoms with Crippen LogP contribution in [0.3, 0.4) is 0 Å². The van der Waals surface area contributed by atoms with Gasteiger partial charge in [-0.2, -0.15) is 13.2 Å². The van der Waals surface area contributed by atoms with E-state index >= 15 is 0 Å². The number of sulfonamides is 1. The third-order valence-electron chi connectivity index (χ3n) is 3.56. The van der Waals surface area contributed by atoms with Crippen LogP contribution in [0.2, 0.25) is 0 Å². The van der Waals surface area contributed by atoms with Crippen molar-refractivity contribution in [3.63, 3.8) is 0 Å². The van der Waals surface area contributed by atoms with E-state index in [4.69, 9.17) is 4.74 Å². The molecule has 0 bridgehead atoms. The molecule has 0 amide bonds. The normalized spacial score (nSPS) is 11.8. The van der Waals surface area contributed by atoms with Gasteiger partial charge < -0.3 is 4.74 Å². The highest BCUT2D eigenvalue weighted by Gasteiger charge is 2.30. The zero-order valence-electron chi connectivity index (χ0n) is 13.8. The topological polar surface area (TPSA) is 55.4 Å². The molecule has 4 nitrogen and oxygen atoms in total. The van der Waals surface area contributed by atoms with Gasteiger partial charge in [-0.3, -0.25) is 4.72 Å². The van der Waals surface area contributed by atoms with Gasteiger partial charge in [-0.25, -0.2) is 8.42 Å². The van der Waals surface area contributed by atoms with Crippen LogP contribution in [-0.4, -0.2) is 8.42 Å². The van der Waals surface area contributed by atoms with E-state index in [9.17, 15) is 21.6 Å². The van der Waals surface area contributed by atoms with Crippen LogP contribution in [-0.2, 0) is 16.2 Å². The second-order valence-electron chi connectivity index (χ2n) is 5.57. The van der Waals surface area contributed by atoms with E-state index in [0.717, 1.165) is 18.2 Å². The summed E-state index contributed by atoms with van der Waals surface area (Å²) in [5.41, 5.74) is -1.11. The van der Waals surface area contributed by atoms with Crippen molar-refractivity contribution >= 4 is 15.7 Å². The molecule has 0 unspecified atom stereocenters. The van der Waals surface area contributed by atoms with Gasteiger partial charge in [-0.1, -0.05) is 24.3 Å². The number of halogens is 3. The van der Waals surface area contributed by atoms with Crippen molar-refractivity contribution in [3.8, 4) is 11.5 Å². The Bertz CT molecular complexity index is 1020. The summed E-state index contributed by atoms with van der Waals surface area (Å²) in [6, 6.07) is 18.5. The largest absolute Gasteiger partial charge is 0.457 e. The van der Waals surface area contributed by atoms with Gasteiger partial charge in [0.25, 0.3) is 10.0 Å². The minimum atomic E-state index is -4.56. The van der Waals surface area contributed by atoms with Crippen LogP contribution in [0.4, 0.5) is 18.9 Å². The molecule has 0 radical (unpaired) electrons. The van der Waals surface area contributed by atoms with E-state index in [1.54, 1.807) is 24.3 Å². The summed E-state index contributed by atoms with van der Waals surface area (Å²) in [6.07, 6.45) is -4.56. The van der Waals surface area contributed by atoms with Crippen molar-refractivity contribution < 1.29 is 26.3 Å². The van der Waals surface area contributed by atoms with Gasteiger partial charge in [0.1, 0.15) is 11.5 Å². The van der Waals surface area contributed by atoms with Gasteiger partial charge in [0.05, 0.1) is 10.5 Å². The van der Waals surface area contributed by atoms with Crippen molar-refractivity contribution in [1.82, 2.24) is 0 Å². The number of nitrogens with one attached hydrogen (secondary N) is 1. The second-order valence-corrected chi connectivity index (χ2v) is 7.25. The number of alkyl halides is 3. The zero-order valence-corrected chi connectivity index (χ0v) is 14.6. The van der Waals surface area contributed by atoms with Gasteiger partial charge in [0.15, 0.2) is 0 Å². The summed E-state index contributed by atoms with van der Waals surface area (Å²) >= 11 is 0. The minimum Gasteiger partial charge on any atom is -0.457 e. The van der Waals surface area contributed by atoms with E-state index in [2.05, 4.69) is 4.72 Å². The third kappa shape index (κ3) is 4.79. The number of benzene rings is 3. The van der Waals surface area contributed by atoms with Crippen LogP contribution in [0, 0.1) is 0 Å². The molecule has 3 rings (SSSR count). The predicted octanol–water partition coefficient (Wildman–Crippen LogP) is 5.30. The average molecular weight is 393 g/mol. The molecular weight excluding hydrogens is 379 g/mol. The number of hydrogen-bond donors (Lipinski definition) is 1. The summed E-state index contributed by atoms with van der Waals surface area (Å²) in [6.45, 7) is 0. The van der Waals surface area contributed by atoms with Gasteiger partial charge in [-0.05, 0) is 54.6 Å². The maximum absolute atomic E-state index is 12.8. The van der Waals surface area contributed by atoms with Crippen molar-refractivity contribution in [1.29, 1.82) is 0 Å². The van der Waals surface area contributed by atoms with Crippen LogP contribution < -0.4 is 9.46 Å². The van der Waals surface area contributed by atoms with Gasteiger partial charge in [0, 0.05) is 5.69 Å². The van der Waals surface area contributed by atoms with Crippen LogP contribution in [0.5, 0.6) is 11.5 Å². The Kier molecular flexibility index (Phi) is 5.09. The third-order valence-corrected chi connectivity index (χ3v) is 4.95. The van der Waals surface area contributed by atoms with Gasteiger partial charge in [0.2, 0.25) is 0 Å². The highest BCUT2D eigenvalue weighted by Crippen LogP contribution is 2.31. The summed E-state index contributed by atoms with van der Waals surface area (Å²) < 4.78 is 70.8. The number of anilines is 1. The van der Waals surface area contributed by atoms with Crippen molar-refractivity contribution in [3.05, 3.63) is 84.4 Å². The maximum Gasteiger partial charge on any atom is 0.416 e. The smallest absolute Gasteiger partial charge is 0.416 e. The highest BCUT2D eigenvalue weighted by molar-refractivity contribution is 7.92. The Morgan fingerprint density at radius 3 is 2.04 bits per heavy atom. The number of ether oxygens (including phenoxy) is 1. The summed E-state index contributed by atoms with van der Waals surface area (Å²) in [7, 11) is -4.04. The molecule has 0 aromatic heterocycles. The first kappa shape index (κ1) is 18.8. The van der Waals surface area contributed by atoms with E-state index in [1.807, 2.05) is 6.07 Å². The molecule has 0 aliphatic heterocycles. The van der Waals surface area contributed by atoms with Crippen LogP contribution in [0.15, 0.2) is 83.8 Å². The summed E-state index contributed by atoms with van der Waals surface area (Å²) in [5.74, 6) is 1.02. The quantitative estimate of drug-likeness (QED) is 0.640. The van der Waals surface area contributed by atoms with E-state index in [0.29, 0.717) is 11.5 Å². The standard InChI is InChI=1S/C19H14F3NO3S/c20-19(21,22)14-5-4-6-15(13-14)23-27(24,25)18-11-9-17(10-12-18)26-16-7-2-1-3-8-16/h1-13,23H. The van der Waals surface area contributed by atoms with Crippen molar-refractivity contribution in [2.75, 3.05) is 4.72 Å². The lowest BCUT2D eigenvalue weighted by molar-refractivity contribution is -0.137. The van der Waals surface area contributed by atoms with E-state index in [1.165, 1.54) is 30.3 Å². The first-order valence-corrected chi connectivity index (χ1v) is 9.25. The number of para-hydroxylation sites is 1. The van der Waals surface area contributed by atoms with E-state index < -0.39 is 21.8 Å². The molecule has 8 heteroatoms. The van der Waals surface area contributed by atoms with E-state index in [-0.39, 0.29) is 10.6 Å². The summed E-state index contributed by atoms with van der Waals surface area (Å²) in [4.78, 5) is -0.0969. The Balaban J connectivity index is 1.77. The Morgan fingerprint density at radius 1 is 0.778 bits per heavy atom. The van der Waals surface area contributed by atoms with Crippen LogP contribution in [0.1, 0.15) is 5.56 Å². The Hall–Kier alpha value is -3.00. The maximum atomic E-state index is 12.8. The molecule has 27 heavy (non-hydrogen) atoms. The average Bonchev–Trinajstić information content (AvgIpc) is 2.62. The van der Waals surface area contributed by atoms with Gasteiger partial charge in [-0.15, -0.1) is 0 Å². The molecule has 0 aliphatic carbocycles. The Morgan fingerprint density at radius 2 is 1.41 bits per heavy atom. The molecule has 0 saturated heterocycles. The molecular formula is C19H14F3NO3S. The van der Waals surface area contributed by atoms with Crippen molar-refractivity contribution in [2.24, 2.45) is 0 Å². The van der Waals surface area contributed by atoms with Gasteiger partial charge >= 0.3 is 6.18 Å². The molecule has 1 N–H and O–H groups in total. The lowest BCUT2D eigenvalue weighted by atomic mass is 10.2. The SMILES string of the molecule is O=S(=O)(Nc1cccc(C(F)(F)F)c1)c1ccc(Oc2ccccc2)cc1. The Labute approximate surface area is 154 Å². The zero-order chi connectivity index (χ0) is 19.5. The monoisotopic (exact) mass is 393 g/mol. The lowest BCUT2D eigenvalue weighted by Crippen LogP contribution is -2.14. The molecule has 0 spiro atoms. The van der Waals surface area contributed by atoms with Crippen LogP contribution in [0.25, 0.3) is 0 Å². The summed E-state index contributed by atoms with van der Waals surface area (Å²) in [5, 5.41) is 0. The minimum absolute atomic E-state index is 0.0969. The molecule has 0 heterocycles. The molecule has 3 aromatic rings. The fourth-order valence-electron chi connectivity index (χ4n) is 2.28. The molecule has 3 aromatic carbocycles. The molecule has 0 fully saturated rings. The molecule has 0 atom stereocenters.